The predicted molar refractivity (Wildman–Crippen MR) is 171 cm³/mol. The first kappa shape index (κ1) is 35.6. The Morgan fingerprint density at radius 3 is 2.47 bits per heavy atom. The molecule has 1 aliphatic carbocycles. The minimum atomic E-state index is -2.61. The number of nitrogens with two attached hydrogens (primary N) is 1. The zero-order valence-corrected chi connectivity index (χ0v) is 26.8. The molecular weight excluding hydrogens is 612 g/mol. The summed E-state index contributed by atoms with van der Waals surface area (Å²) in [5.74, 6) is -0.236. The number of alkyl halides is 2. The molecule has 3 heterocycles. The van der Waals surface area contributed by atoms with E-state index in [1.54, 1.807) is 25.3 Å². The van der Waals surface area contributed by atoms with Gasteiger partial charge >= 0.3 is 12.1 Å². The third-order valence-corrected chi connectivity index (χ3v) is 8.39. The molecule has 1 atom stereocenters. The lowest BCUT2D eigenvalue weighted by Crippen LogP contribution is -2.37. The summed E-state index contributed by atoms with van der Waals surface area (Å²) in [4.78, 5) is 37.5. The summed E-state index contributed by atoms with van der Waals surface area (Å²) >= 11 is 0. The van der Waals surface area contributed by atoms with Gasteiger partial charge in [-0.3, -0.25) is 9.78 Å². The number of carbonyl (C=O) groups is 2. The highest BCUT2D eigenvalue weighted by Gasteiger charge is 2.39. The van der Waals surface area contributed by atoms with Gasteiger partial charge in [0.15, 0.2) is 0 Å². The molecular formula is C34H43F2N5O6. The Hall–Kier alpha value is -4.23. The number of rotatable bonds is 15. The van der Waals surface area contributed by atoms with Gasteiger partial charge in [-0.15, -0.1) is 0 Å². The molecule has 47 heavy (non-hydrogen) atoms. The number of carbonyl (C=O) groups excluding carboxylic acids is 2. The minimum absolute atomic E-state index is 0.134. The number of anilines is 2. The number of esters is 1. The molecule has 0 spiro atoms. The van der Waals surface area contributed by atoms with Crippen LogP contribution in [0.1, 0.15) is 81.5 Å². The molecule has 0 amide bonds. The van der Waals surface area contributed by atoms with Crippen LogP contribution in [0.25, 0.3) is 11.3 Å². The van der Waals surface area contributed by atoms with Gasteiger partial charge in [0.25, 0.3) is 6.43 Å². The van der Waals surface area contributed by atoms with Gasteiger partial charge in [0, 0.05) is 23.5 Å². The molecule has 1 saturated carbocycles. The Labute approximate surface area is 273 Å². The molecule has 254 valence electrons. The van der Waals surface area contributed by atoms with Crippen LogP contribution in [0.4, 0.5) is 25.2 Å². The fraction of sp³-hybridized carbons (Fsp3) is 0.500. The fourth-order valence-electron chi connectivity index (χ4n) is 5.66. The highest BCUT2D eigenvalue weighted by Crippen LogP contribution is 2.41. The summed E-state index contributed by atoms with van der Waals surface area (Å²) in [7, 11) is 0. The Morgan fingerprint density at radius 1 is 1.00 bits per heavy atom. The van der Waals surface area contributed by atoms with E-state index in [0.29, 0.717) is 61.4 Å². The summed E-state index contributed by atoms with van der Waals surface area (Å²) in [6.45, 7) is 3.99. The number of hydrogen-bond donors (Lipinski definition) is 3. The quantitative estimate of drug-likeness (QED) is 0.0907. The van der Waals surface area contributed by atoms with Crippen LogP contribution < -0.4 is 11.1 Å². The maximum absolute atomic E-state index is 13.1. The van der Waals surface area contributed by atoms with Crippen LogP contribution in [0, 0.1) is 18.8 Å². The number of aromatic nitrogens is 3. The van der Waals surface area contributed by atoms with E-state index in [4.69, 9.17) is 19.9 Å². The van der Waals surface area contributed by atoms with Gasteiger partial charge in [-0.25, -0.2) is 23.5 Å². The lowest BCUT2D eigenvalue weighted by molar-refractivity contribution is -0.160. The van der Waals surface area contributed by atoms with Gasteiger partial charge in [0.2, 0.25) is 6.79 Å². The molecule has 0 aromatic carbocycles. The zero-order chi connectivity index (χ0) is 33.8. The average Bonchev–Trinajstić information content (AvgIpc) is 3.06. The predicted octanol–water partition coefficient (Wildman–Crippen LogP) is 6.72. The number of pyridine rings is 3. The van der Waals surface area contributed by atoms with E-state index in [2.05, 4.69) is 20.3 Å². The Kier molecular flexibility index (Phi) is 12.9. The number of hydrogen-bond acceptors (Lipinski definition) is 11. The molecule has 0 saturated heterocycles. The minimum Gasteiger partial charge on any atom is -0.434 e. The maximum Gasteiger partial charge on any atom is 0.511 e. The van der Waals surface area contributed by atoms with Crippen LogP contribution in [0.15, 0.2) is 48.8 Å². The lowest BCUT2D eigenvalue weighted by atomic mass is 9.73. The normalized spacial score (nSPS) is 17.5. The summed E-state index contributed by atoms with van der Waals surface area (Å²) in [6.07, 6.45) is 5.20. The second-order valence-corrected chi connectivity index (χ2v) is 12.0. The Morgan fingerprint density at radius 2 is 1.77 bits per heavy atom. The van der Waals surface area contributed by atoms with Gasteiger partial charge in [0.05, 0.1) is 23.9 Å². The van der Waals surface area contributed by atoms with Crippen LogP contribution in [0.2, 0.25) is 0 Å². The largest absolute Gasteiger partial charge is 0.511 e. The fourth-order valence-corrected chi connectivity index (χ4v) is 5.66. The molecule has 13 heteroatoms. The van der Waals surface area contributed by atoms with E-state index in [0.717, 1.165) is 24.8 Å². The van der Waals surface area contributed by atoms with E-state index in [9.17, 15) is 23.5 Å². The molecule has 0 aliphatic heterocycles. The zero-order valence-electron chi connectivity index (χ0n) is 26.8. The van der Waals surface area contributed by atoms with Crippen molar-refractivity contribution in [2.75, 3.05) is 25.3 Å². The molecule has 1 fully saturated rings. The molecule has 3 aromatic rings. The van der Waals surface area contributed by atoms with Crippen molar-refractivity contribution in [3.8, 4) is 11.3 Å². The van der Waals surface area contributed by atoms with E-state index >= 15 is 0 Å². The first-order valence-electron chi connectivity index (χ1n) is 15.9. The van der Waals surface area contributed by atoms with Crippen LogP contribution in [0.3, 0.4) is 0 Å². The lowest BCUT2D eigenvalue weighted by Gasteiger charge is -2.37. The van der Waals surface area contributed by atoms with Gasteiger partial charge in [-0.2, -0.15) is 0 Å². The van der Waals surface area contributed by atoms with Crippen LogP contribution in [-0.4, -0.2) is 52.1 Å². The van der Waals surface area contributed by atoms with E-state index in [-0.39, 0.29) is 29.8 Å². The Balaban J connectivity index is 1.26. The number of nitrogens with zero attached hydrogens (tertiary/aromatic N) is 3. The van der Waals surface area contributed by atoms with Crippen molar-refractivity contribution in [1.29, 1.82) is 0 Å². The highest BCUT2D eigenvalue weighted by molar-refractivity contribution is 5.72. The summed E-state index contributed by atoms with van der Waals surface area (Å²) in [6, 6.07) is 9.80. The number of halogens is 2. The van der Waals surface area contributed by atoms with Crippen molar-refractivity contribution in [3.05, 3.63) is 65.6 Å². The number of aryl methyl sites for hydroxylation is 1. The topological polar surface area (TPSA) is 159 Å². The molecule has 1 aliphatic rings. The van der Waals surface area contributed by atoms with E-state index in [1.165, 1.54) is 18.3 Å². The van der Waals surface area contributed by atoms with Crippen molar-refractivity contribution < 1.29 is 37.7 Å². The average molecular weight is 656 g/mol. The van der Waals surface area contributed by atoms with Crippen molar-refractivity contribution in [2.24, 2.45) is 17.6 Å². The molecule has 4 N–H and O–H groups in total. The third-order valence-electron chi connectivity index (χ3n) is 8.39. The smallest absolute Gasteiger partial charge is 0.434 e. The van der Waals surface area contributed by atoms with Crippen molar-refractivity contribution in [2.45, 2.75) is 77.2 Å². The second-order valence-electron chi connectivity index (χ2n) is 12.0. The first-order valence-corrected chi connectivity index (χ1v) is 15.9. The number of aliphatic hydroxyl groups is 1. The van der Waals surface area contributed by atoms with Crippen LogP contribution >= 0.6 is 0 Å². The first-order chi connectivity index (χ1) is 22.6. The van der Waals surface area contributed by atoms with E-state index in [1.807, 2.05) is 19.1 Å². The molecule has 11 nitrogen and oxygen atoms in total. The van der Waals surface area contributed by atoms with Crippen LogP contribution in [0.5, 0.6) is 0 Å². The molecule has 0 bridgehead atoms. The highest BCUT2D eigenvalue weighted by atomic mass is 19.3. The van der Waals surface area contributed by atoms with Crippen molar-refractivity contribution in [1.82, 2.24) is 15.0 Å². The van der Waals surface area contributed by atoms with Crippen molar-refractivity contribution >= 4 is 23.8 Å². The van der Waals surface area contributed by atoms with Crippen LogP contribution in [-0.2, 0) is 24.6 Å². The van der Waals surface area contributed by atoms with Gasteiger partial charge in [-0.05, 0) is 107 Å². The van der Waals surface area contributed by atoms with Gasteiger partial charge in [-0.1, -0.05) is 12.8 Å². The third kappa shape index (κ3) is 10.4. The summed E-state index contributed by atoms with van der Waals surface area (Å²) in [5, 5.41) is 14.5. The summed E-state index contributed by atoms with van der Waals surface area (Å²) in [5.41, 5.74) is 6.79. The monoisotopic (exact) mass is 655 g/mol. The second kappa shape index (κ2) is 17.1. The molecule has 3 aromatic heterocycles. The number of unbranched alkanes of at least 4 members (excludes halogenated alkanes) is 3. The molecule has 0 radical (unpaired) electrons. The van der Waals surface area contributed by atoms with Gasteiger partial charge in [0.1, 0.15) is 17.2 Å². The summed E-state index contributed by atoms with van der Waals surface area (Å²) < 4.78 is 41.2. The Bertz CT molecular complexity index is 1470. The van der Waals surface area contributed by atoms with Gasteiger partial charge < -0.3 is 30.4 Å². The standard InChI is InChI=1S/C34H43F2N5O6/c1-22-17-27(40-30(18-22)41-29-19-24(31(35)36)13-15-38-29)25-9-12-28(39-20-25)34(2,44)26-10-7-23(8-11-26)32(42)46-21-47-33(43)45-16-6-4-3-5-14-37/h9,12-13,15,17-20,23,26,31,44H,3-8,10-11,14,16,21,37H2,1-2H3,(H,38,40,41)/t23-,26-,34-/m1/s1. The van der Waals surface area contributed by atoms with E-state index < -0.39 is 30.9 Å². The number of nitrogens with one attached hydrogen (secondary N) is 1. The van der Waals surface area contributed by atoms with Crippen molar-refractivity contribution in [3.63, 3.8) is 0 Å². The maximum atomic E-state index is 13.1. The number of ether oxygens (including phenoxy) is 3. The molecule has 4 rings (SSSR count). The SMILES string of the molecule is Cc1cc(Nc2cc(C(F)F)ccn2)nc(-c2ccc([C@](C)(O)[C@H]3CC[C@H](C(=O)OCOC(=O)OCCCCCCN)CC3)nc2)c1. The molecule has 0 unspecified atom stereocenters.